The third-order valence-electron chi connectivity index (χ3n) is 3.62. The van der Waals surface area contributed by atoms with Gasteiger partial charge in [-0.3, -0.25) is 4.79 Å². The molecule has 1 aliphatic rings. The minimum absolute atomic E-state index is 0.148. The lowest BCUT2D eigenvalue weighted by atomic mass is 10.1. The molecular formula is C12H17N5O3S2. The van der Waals surface area contributed by atoms with Crippen LogP contribution in [0.2, 0.25) is 0 Å². The van der Waals surface area contributed by atoms with Gasteiger partial charge in [-0.15, -0.1) is 5.10 Å². The van der Waals surface area contributed by atoms with Crippen molar-refractivity contribution in [3.05, 3.63) is 22.1 Å². The van der Waals surface area contributed by atoms with E-state index < -0.39 is 10.0 Å². The quantitative estimate of drug-likeness (QED) is 0.861. The van der Waals surface area contributed by atoms with Crippen LogP contribution < -0.4 is 10.9 Å². The monoisotopic (exact) mass is 343 g/mol. The number of nitrogens with zero attached hydrogens (tertiary/aromatic N) is 4. The second-order valence-corrected chi connectivity index (χ2v) is 8.36. The van der Waals surface area contributed by atoms with Crippen LogP contribution in [0, 0.1) is 6.92 Å². The molecule has 3 rings (SSSR count). The van der Waals surface area contributed by atoms with Crippen LogP contribution in [0.1, 0.15) is 18.5 Å². The maximum atomic E-state index is 11.8. The summed E-state index contributed by atoms with van der Waals surface area (Å²) in [5, 5.41) is 8.14. The number of hydrogen-bond donors (Lipinski definition) is 1. The number of rotatable bonds is 3. The highest BCUT2D eigenvalue weighted by Crippen LogP contribution is 2.21. The first-order valence-corrected chi connectivity index (χ1v) is 9.58. The first-order valence-electron chi connectivity index (χ1n) is 6.92. The van der Waals surface area contributed by atoms with E-state index in [-0.39, 0.29) is 11.6 Å². The van der Waals surface area contributed by atoms with Gasteiger partial charge in [-0.05, 0) is 19.8 Å². The molecule has 0 radical (unpaired) electrons. The molecule has 0 atom stereocenters. The molecule has 3 heterocycles. The number of sulfonamides is 1. The number of nitrogens with one attached hydrogen (secondary N) is 1. The minimum Gasteiger partial charge on any atom is -0.357 e. The molecule has 1 fully saturated rings. The molecule has 0 aromatic carbocycles. The summed E-state index contributed by atoms with van der Waals surface area (Å²) in [5.41, 5.74) is 0.473. The molecule has 22 heavy (non-hydrogen) atoms. The van der Waals surface area contributed by atoms with E-state index in [1.54, 1.807) is 6.92 Å². The zero-order valence-electron chi connectivity index (χ0n) is 12.3. The molecule has 0 saturated carbocycles. The summed E-state index contributed by atoms with van der Waals surface area (Å²) in [7, 11) is -3.12. The minimum atomic E-state index is -3.12. The summed E-state index contributed by atoms with van der Waals surface area (Å²) >= 11 is 1.32. The van der Waals surface area contributed by atoms with Crippen LogP contribution in [-0.2, 0) is 10.0 Å². The third kappa shape index (κ3) is 3.13. The van der Waals surface area contributed by atoms with Gasteiger partial charge in [0.15, 0.2) is 0 Å². The zero-order chi connectivity index (χ0) is 15.9. The van der Waals surface area contributed by atoms with Gasteiger partial charge in [-0.1, -0.05) is 11.3 Å². The van der Waals surface area contributed by atoms with Crippen molar-refractivity contribution in [2.24, 2.45) is 0 Å². The normalized spacial score (nSPS) is 17.9. The van der Waals surface area contributed by atoms with E-state index in [1.165, 1.54) is 32.5 Å². The first-order chi connectivity index (χ1) is 10.3. The lowest BCUT2D eigenvalue weighted by Crippen LogP contribution is -2.41. The lowest BCUT2D eigenvalue weighted by molar-refractivity contribution is 0.331. The molecule has 0 spiro atoms. The van der Waals surface area contributed by atoms with Crippen molar-refractivity contribution in [1.29, 1.82) is 0 Å². The van der Waals surface area contributed by atoms with E-state index >= 15 is 0 Å². The van der Waals surface area contributed by atoms with Crippen molar-refractivity contribution in [3.63, 3.8) is 0 Å². The molecule has 1 N–H and O–H groups in total. The summed E-state index contributed by atoms with van der Waals surface area (Å²) in [6.07, 6.45) is 2.66. The van der Waals surface area contributed by atoms with Crippen LogP contribution in [0.25, 0.3) is 4.96 Å². The third-order valence-corrected chi connectivity index (χ3v) is 5.77. The fourth-order valence-corrected chi connectivity index (χ4v) is 4.29. The number of aryl methyl sites for hydroxylation is 1. The van der Waals surface area contributed by atoms with E-state index in [2.05, 4.69) is 15.4 Å². The van der Waals surface area contributed by atoms with Gasteiger partial charge in [-0.2, -0.15) is 4.52 Å². The molecule has 10 heteroatoms. The van der Waals surface area contributed by atoms with Gasteiger partial charge in [0.25, 0.3) is 5.56 Å². The predicted octanol–water partition coefficient (Wildman–Crippen LogP) is 0.295. The summed E-state index contributed by atoms with van der Waals surface area (Å²) in [5.74, 6) is 0. The van der Waals surface area contributed by atoms with E-state index in [9.17, 15) is 13.2 Å². The van der Waals surface area contributed by atoms with Gasteiger partial charge < -0.3 is 5.32 Å². The number of hydrogen-bond acceptors (Lipinski definition) is 7. The Hall–Kier alpha value is -1.52. The van der Waals surface area contributed by atoms with E-state index in [1.807, 2.05) is 0 Å². The van der Waals surface area contributed by atoms with Gasteiger partial charge in [0.2, 0.25) is 20.1 Å². The molecule has 0 unspecified atom stereocenters. The Balaban J connectivity index is 1.72. The molecule has 1 aliphatic heterocycles. The topological polar surface area (TPSA) is 96.7 Å². The highest BCUT2D eigenvalue weighted by atomic mass is 32.2. The van der Waals surface area contributed by atoms with Crippen molar-refractivity contribution in [1.82, 2.24) is 18.9 Å². The maximum absolute atomic E-state index is 11.8. The van der Waals surface area contributed by atoms with Crippen molar-refractivity contribution in [2.75, 3.05) is 24.7 Å². The number of piperidine rings is 1. The number of fused-ring (bicyclic) bond motifs is 1. The standard InChI is InChI=1S/C12H17N5O3S2/c1-8-7-10(18)17-12(13-8)21-11(15-17)14-9-3-5-16(6-4-9)22(2,19)20/h7,9H,3-6H2,1-2H3,(H,14,15). The van der Waals surface area contributed by atoms with Gasteiger partial charge in [-0.25, -0.2) is 17.7 Å². The highest BCUT2D eigenvalue weighted by molar-refractivity contribution is 7.88. The van der Waals surface area contributed by atoms with Crippen molar-refractivity contribution in [2.45, 2.75) is 25.8 Å². The fourth-order valence-electron chi connectivity index (χ4n) is 2.49. The SMILES string of the molecule is Cc1cc(=O)n2nc(NC3CCN(S(C)(=O)=O)CC3)sc2n1. The number of anilines is 1. The van der Waals surface area contributed by atoms with Crippen LogP contribution in [-0.4, -0.2) is 52.7 Å². The lowest BCUT2D eigenvalue weighted by Gasteiger charge is -2.30. The average Bonchev–Trinajstić information content (AvgIpc) is 2.81. The fraction of sp³-hybridized carbons (Fsp3) is 0.583. The van der Waals surface area contributed by atoms with Crippen LogP contribution in [0.15, 0.2) is 10.9 Å². The van der Waals surface area contributed by atoms with Gasteiger partial charge in [0, 0.05) is 30.9 Å². The highest BCUT2D eigenvalue weighted by Gasteiger charge is 2.25. The van der Waals surface area contributed by atoms with E-state index in [0.717, 1.165) is 0 Å². The molecule has 8 nitrogen and oxygen atoms in total. The van der Waals surface area contributed by atoms with Gasteiger partial charge >= 0.3 is 0 Å². The second-order valence-electron chi connectivity index (χ2n) is 5.42. The Labute approximate surface area is 131 Å². The van der Waals surface area contributed by atoms with Gasteiger partial charge in [0.1, 0.15) is 0 Å². The van der Waals surface area contributed by atoms with Crippen molar-refractivity contribution in [3.8, 4) is 0 Å². The summed E-state index contributed by atoms with van der Waals surface area (Å²) < 4.78 is 25.7. The van der Waals surface area contributed by atoms with Crippen LogP contribution in [0.4, 0.5) is 5.13 Å². The first kappa shape index (κ1) is 15.4. The molecule has 2 aromatic heterocycles. The van der Waals surface area contributed by atoms with Crippen LogP contribution in [0.5, 0.6) is 0 Å². The Morgan fingerprint density at radius 2 is 2.05 bits per heavy atom. The molecule has 0 bridgehead atoms. The molecular weight excluding hydrogens is 326 g/mol. The molecule has 2 aromatic rings. The Morgan fingerprint density at radius 3 is 2.68 bits per heavy atom. The van der Waals surface area contributed by atoms with Crippen molar-refractivity contribution < 1.29 is 8.42 Å². The maximum Gasteiger partial charge on any atom is 0.275 e. The summed E-state index contributed by atoms with van der Waals surface area (Å²) in [6, 6.07) is 1.59. The average molecular weight is 343 g/mol. The summed E-state index contributed by atoms with van der Waals surface area (Å²) in [6.45, 7) is 2.77. The number of aromatic nitrogens is 3. The van der Waals surface area contributed by atoms with Crippen LogP contribution in [0.3, 0.4) is 0 Å². The predicted molar refractivity (Wildman–Crippen MR) is 84.9 cm³/mol. The largest absolute Gasteiger partial charge is 0.357 e. The van der Waals surface area contributed by atoms with Crippen LogP contribution >= 0.6 is 11.3 Å². The van der Waals surface area contributed by atoms with E-state index in [4.69, 9.17) is 0 Å². The van der Waals surface area contributed by atoms with E-state index in [0.29, 0.717) is 41.7 Å². The summed E-state index contributed by atoms with van der Waals surface area (Å²) in [4.78, 5) is 16.7. The smallest absolute Gasteiger partial charge is 0.275 e. The molecule has 1 saturated heterocycles. The molecule has 0 aliphatic carbocycles. The Kier molecular flexibility index (Phi) is 3.91. The Bertz CT molecular complexity index is 849. The van der Waals surface area contributed by atoms with Crippen molar-refractivity contribution >= 4 is 31.5 Å². The zero-order valence-corrected chi connectivity index (χ0v) is 13.9. The molecule has 120 valence electrons. The molecule has 0 amide bonds. The second kappa shape index (κ2) is 5.60. The Morgan fingerprint density at radius 1 is 1.36 bits per heavy atom. The van der Waals surface area contributed by atoms with Gasteiger partial charge in [0.05, 0.1) is 6.26 Å².